The van der Waals surface area contributed by atoms with E-state index in [1.807, 2.05) is 12.1 Å². The lowest BCUT2D eigenvalue weighted by Gasteiger charge is -2.25. The highest BCUT2D eigenvalue weighted by Gasteiger charge is 2.32. The van der Waals surface area contributed by atoms with Crippen LogP contribution in [0, 0.1) is 0 Å². The first-order chi connectivity index (χ1) is 13.8. The maximum Gasteiger partial charge on any atom is 0.272 e. The van der Waals surface area contributed by atoms with Crippen LogP contribution in [0.2, 0.25) is 0 Å². The highest BCUT2D eigenvalue weighted by Crippen LogP contribution is 2.19. The first-order valence-electron chi connectivity index (χ1n) is 9.61. The number of pyridine rings is 2. The molecule has 0 aromatic carbocycles. The number of amides is 2. The first kappa shape index (κ1) is 21.2. The molecule has 8 heteroatoms. The summed E-state index contributed by atoms with van der Waals surface area (Å²) in [5, 5.41) is 0. The van der Waals surface area contributed by atoms with E-state index in [4.69, 9.17) is 4.74 Å². The summed E-state index contributed by atoms with van der Waals surface area (Å²) in [4.78, 5) is 37.3. The van der Waals surface area contributed by atoms with Crippen LogP contribution in [-0.2, 0) is 4.79 Å². The largest absolute Gasteiger partial charge is 0.468 e. The van der Waals surface area contributed by atoms with Crippen molar-refractivity contribution < 1.29 is 14.3 Å². The Morgan fingerprint density at radius 1 is 1.31 bits per heavy atom. The third-order valence-corrected chi connectivity index (χ3v) is 5.49. The highest BCUT2D eigenvalue weighted by atomic mass is 79.9. The van der Waals surface area contributed by atoms with Crippen molar-refractivity contribution in [1.82, 2.24) is 19.8 Å². The summed E-state index contributed by atoms with van der Waals surface area (Å²) in [6.45, 7) is 5.10. The molecule has 1 unspecified atom stereocenters. The number of hydrogen-bond acceptors (Lipinski definition) is 5. The average Bonchev–Trinajstić information content (AvgIpc) is 3.22. The predicted octanol–water partition coefficient (Wildman–Crippen LogP) is 3.11. The number of hydrogen-bond donors (Lipinski definition) is 0. The predicted molar refractivity (Wildman–Crippen MR) is 113 cm³/mol. The third kappa shape index (κ3) is 5.32. The van der Waals surface area contributed by atoms with Gasteiger partial charge in [0.15, 0.2) is 6.61 Å². The van der Waals surface area contributed by atoms with Crippen molar-refractivity contribution in [3.63, 3.8) is 0 Å². The first-order valence-corrected chi connectivity index (χ1v) is 10.4. The number of rotatable bonds is 6. The van der Waals surface area contributed by atoms with Gasteiger partial charge in [-0.1, -0.05) is 19.9 Å². The van der Waals surface area contributed by atoms with Gasteiger partial charge in [0.05, 0.1) is 6.04 Å². The van der Waals surface area contributed by atoms with Crippen molar-refractivity contribution in [3.05, 3.63) is 52.4 Å². The van der Waals surface area contributed by atoms with Crippen LogP contribution in [-0.4, -0.2) is 64.4 Å². The molecular formula is C21H25BrN4O3. The van der Waals surface area contributed by atoms with Crippen molar-refractivity contribution in [1.29, 1.82) is 0 Å². The van der Waals surface area contributed by atoms with E-state index < -0.39 is 0 Å². The minimum absolute atomic E-state index is 0.0405. The molecule has 1 saturated heterocycles. The Hall–Kier alpha value is -2.48. The summed E-state index contributed by atoms with van der Waals surface area (Å²) < 4.78 is 6.31. The Balaban J connectivity index is 1.55. The number of nitrogens with zero attached hydrogens (tertiary/aromatic N) is 4. The Morgan fingerprint density at radius 2 is 2.10 bits per heavy atom. The zero-order chi connectivity index (χ0) is 21.0. The van der Waals surface area contributed by atoms with Gasteiger partial charge in [0.1, 0.15) is 5.69 Å². The van der Waals surface area contributed by atoms with Gasteiger partial charge < -0.3 is 14.5 Å². The molecule has 2 aromatic rings. The van der Waals surface area contributed by atoms with E-state index in [-0.39, 0.29) is 30.4 Å². The number of likely N-dealkylation sites (tertiary alicyclic amines) is 1. The Morgan fingerprint density at radius 3 is 2.79 bits per heavy atom. The number of carbonyl (C=O) groups excluding carboxylic acids is 2. The normalized spacial score (nSPS) is 16.2. The second-order valence-corrected chi connectivity index (χ2v) is 8.32. The Labute approximate surface area is 179 Å². The fraction of sp³-hybridized carbons (Fsp3) is 0.429. The van der Waals surface area contributed by atoms with Gasteiger partial charge in [0.25, 0.3) is 11.8 Å². The van der Waals surface area contributed by atoms with E-state index in [1.165, 1.54) is 0 Å². The molecule has 1 aliphatic rings. The molecule has 0 saturated carbocycles. The summed E-state index contributed by atoms with van der Waals surface area (Å²) in [7, 11) is 1.75. The molecule has 0 bridgehead atoms. The topological polar surface area (TPSA) is 75.6 Å². The van der Waals surface area contributed by atoms with E-state index in [2.05, 4.69) is 39.7 Å². The zero-order valence-corrected chi connectivity index (χ0v) is 18.4. The fourth-order valence-corrected chi connectivity index (χ4v) is 3.42. The summed E-state index contributed by atoms with van der Waals surface area (Å²) in [5.74, 6) is 0.424. The fourth-order valence-electron chi connectivity index (χ4n) is 3.19. The minimum atomic E-state index is -0.144. The zero-order valence-electron chi connectivity index (χ0n) is 16.8. The summed E-state index contributed by atoms with van der Waals surface area (Å²) >= 11 is 3.31. The maximum atomic E-state index is 12.8. The minimum Gasteiger partial charge on any atom is -0.468 e. The van der Waals surface area contributed by atoms with E-state index in [9.17, 15) is 9.59 Å². The van der Waals surface area contributed by atoms with Crippen LogP contribution in [0.25, 0.3) is 0 Å². The summed E-state index contributed by atoms with van der Waals surface area (Å²) in [5.41, 5.74) is 1.35. The number of aromatic nitrogens is 2. The number of halogens is 1. The molecular weight excluding hydrogens is 436 g/mol. The molecule has 0 radical (unpaired) electrons. The van der Waals surface area contributed by atoms with Gasteiger partial charge >= 0.3 is 0 Å². The molecule has 154 valence electrons. The molecule has 0 N–H and O–H groups in total. The van der Waals surface area contributed by atoms with Crippen LogP contribution in [0.1, 0.15) is 42.4 Å². The van der Waals surface area contributed by atoms with Crippen LogP contribution in [0.15, 0.2) is 41.0 Å². The lowest BCUT2D eigenvalue weighted by molar-refractivity contribution is -0.134. The molecule has 7 nitrogen and oxygen atoms in total. The second-order valence-electron chi connectivity index (χ2n) is 7.40. The van der Waals surface area contributed by atoms with Crippen LogP contribution < -0.4 is 4.74 Å². The highest BCUT2D eigenvalue weighted by molar-refractivity contribution is 9.10. The molecule has 0 aliphatic carbocycles. The molecule has 2 aromatic heterocycles. The van der Waals surface area contributed by atoms with Crippen LogP contribution >= 0.6 is 15.9 Å². The smallest absolute Gasteiger partial charge is 0.272 e. The monoisotopic (exact) mass is 460 g/mol. The molecule has 0 spiro atoms. The van der Waals surface area contributed by atoms with Crippen molar-refractivity contribution >= 4 is 27.7 Å². The van der Waals surface area contributed by atoms with Gasteiger partial charge in [-0.05, 0) is 46.5 Å². The second kappa shape index (κ2) is 9.35. The van der Waals surface area contributed by atoms with Crippen LogP contribution in [0.3, 0.4) is 0 Å². The quantitative estimate of drug-likeness (QED) is 0.661. The SMILES string of the molecule is CC(C)c1cccc(C(=O)N2CCC(N(C)C(=O)COc3ccc(Br)cn3)C2)n1. The van der Waals surface area contributed by atoms with Gasteiger partial charge in [0, 0.05) is 42.6 Å². The molecule has 2 amide bonds. The van der Waals surface area contributed by atoms with Crippen molar-refractivity contribution in [2.75, 3.05) is 26.7 Å². The Bertz CT molecular complexity index is 872. The van der Waals surface area contributed by atoms with E-state index in [0.717, 1.165) is 16.6 Å². The molecule has 1 fully saturated rings. The van der Waals surface area contributed by atoms with Crippen LogP contribution in [0.5, 0.6) is 5.88 Å². The standard InChI is InChI=1S/C21H25BrN4O3/c1-14(2)17-5-4-6-18(24-17)21(28)26-10-9-16(12-26)25(3)20(27)13-29-19-8-7-15(22)11-23-19/h4-8,11,14,16H,9-10,12-13H2,1-3H3. The van der Waals surface area contributed by atoms with Gasteiger partial charge in [-0.2, -0.15) is 0 Å². The van der Waals surface area contributed by atoms with Crippen molar-refractivity contribution in [2.24, 2.45) is 0 Å². The summed E-state index contributed by atoms with van der Waals surface area (Å²) in [6, 6.07) is 9.01. The van der Waals surface area contributed by atoms with E-state index >= 15 is 0 Å². The number of carbonyl (C=O) groups is 2. The molecule has 29 heavy (non-hydrogen) atoms. The molecule has 3 rings (SSSR count). The van der Waals surface area contributed by atoms with Gasteiger partial charge in [-0.15, -0.1) is 0 Å². The molecule has 3 heterocycles. The lowest BCUT2D eigenvalue weighted by Crippen LogP contribution is -2.42. The average molecular weight is 461 g/mol. The van der Waals surface area contributed by atoms with E-state index in [0.29, 0.717) is 24.7 Å². The summed E-state index contributed by atoms with van der Waals surface area (Å²) in [6.07, 6.45) is 2.35. The Kier molecular flexibility index (Phi) is 6.84. The van der Waals surface area contributed by atoms with Crippen LogP contribution in [0.4, 0.5) is 0 Å². The van der Waals surface area contributed by atoms with Gasteiger partial charge in [0.2, 0.25) is 5.88 Å². The lowest BCUT2D eigenvalue weighted by atomic mass is 10.1. The number of ether oxygens (including phenoxy) is 1. The van der Waals surface area contributed by atoms with Gasteiger partial charge in [-0.3, -0.25) is 9.59 Å². The maximum absolute atomic E-state index is 12.8. The van der Waals surface area contributed by atoms with E-state index in [1.54, 1.807) is 41.2 Å². The molecule has 1 aliphatic heterocycles. The third-order valence-electron chi connectivity index (χ3n) is 5.02. The van der Waals surface area contributed by atoms with Crippen molar-refractivity contribution in [3.8, 4) is 5.88 Å². The van der Waals surface area contributed by atoms with Gasteiger partial charge in [-0.25, -0.2) is 9.97 Å². The van der Waals surface area contributed by atoms with Crippen molar-refractivity contribution in [2.45, 2.75) is 32.2 Å². The number of likely N-dealkylation sites (N-methyl/N-ethyl adjacent to an activating group) is 1. The molecule has 1 atom stereocenters.